The van der Waals surface area contributed by atoms with Gasteiger partial charge in [0, 0.05) is 11.5 Å². The van der Waals surface area contributed by atoms with Crippen LogP contribution in [0.1, 0.15) is 134 Å². The van der Waals surface area contributed by atoms with Gasteiger partial charge >= 0.3 is 0 Å². The number of hydrogen-bond donors (Lipinski definition) is 1. The summed E-state index contributed by atoms with van der Waals surface area (Å²) in [5.41, 5.74) is 4.25. The number of phenolic OH excluding ortho intramolecular Hbond substituents is 1. The third-order valence-electron chi connectivity index (χ3n) is 8.87. The average molecular weight is 473 g/mol. The normalized spacial score (nSPS) is 21.9. The molecule has 0 aliphatic carbocycles. The van der Waals surface area contributed by atoms with Crippen molar-refractivity contribution in [1.29, 1.82) is 0 Å². The summed E-state index contributed by atoms with van der Waals surface area (Å²) in [4.78, 5) is 0. The summed E-state index contributed by atoms with van der Waals surface area (Å²) in [6.45, 7) is 20.4. The number of rotatable bonds is 14. The molecule has 1 heterocycles. The first-order valence-electron chi connectivity index (χ1n) is 14.5. The van der Waals surface area contributed by atoms with Crippen LogP contribution in [0.3, 0.4) is 0 Å². The summed E-state index contributed by atoms with van der Waals surface area (Å²) >= 11 is 0. The molecule has 4 atom stereocenters. The van der Waals surface area contributed by atoms with Crippen LogP contribution in [0.2, 0.25) is 0 Å². The molecule has 196 valence electrons. The lowest BCUT2D eigenvalue weighted by molar-refractivity contribution is -0.00613. The predicted molar refractivity (Wildman–Crippen MR) is 148 cm³/mol. The molecule has 1 aliphatic rings. The Morgan fingerprint density at radius 2 is 1.41 bits per heavy atom. The molecular weight excluding hydrogens is 416 g/mol. The van der Waals surface area contributed by atoms with Crippen molar-refractivity contribution in [1.82, 2.24) is 0 Å². The molecule has 0 saturated carbocycles. The molecule has 0 bridgehead atoms. The highest BCUT2D eigenvalue weighted by Gasteiger charge is 2.41. The van der Waals surface area contributed by atoms with Crippen molar-refractivity contribution in [2.75, 3.05) is 0 Å². The van der Waals surface area contributed by atoms with E-state index < -0.39 is 0 Å². The van der Waals surface area contributed by atoms with Crippen LogP contribution in [-0.4, -0.2) is 10.7 Å². The van der Waals surface area contributed by atoms with Crippen LogP contribution in [0.4, 0.5) is 0 Å². The van der Waals surface area contributed by atoms with Crippen molar-refractivity contribution in [3.05, 3.63) is 22.3 Å². The lowest BCUT2D eigenvalue weighted by Crippen LogP contribution is -2.45. The second-order valence-electron chi connectivity index (χ2n) is 12.5. The van der Waals surface area contributed by atoms with Crippen LogP contribution in [0.15, 0.2) is 0 Å². The van der Waals surface area contributed by atoms with E-state index in [1.54, 1.807) is 0 Å². The Balaban J connectivity index is 1.89. The van der Waals surface area contributed by atoms with Crippen LogP contribution in [0.25, 0.3) is 0 Å². The number of hydrogen-bond acceptors (Lipinski definition) is 2. The Morgan fingerprint density at radius 3 is 1.97 bits per heavy atom. The molecule has 1 unspecified atom stereocenters. The zero-order valence-corrected chi connectivity index (χ0v) is 24.2. The van der Waals surface area contributed by atoms with Crippen LogP contribution >= 0.6 is 0 Å². The molecule has 2 rings (SSSR count). The standard InChI is InChI=1S/C32H56O2/c1-10-14-28-21-29-27(8)30(33)25(6)26(7)31(29)34-32(28,9)20-13-19-24(5)18-12-17-23(4)16-11-15-22(2)3/h22-24,28,33H,10-21H2,1-9H3/t23-,24+,28?,32-/m0/s1. The number of benzene rings is 1. The minimum atomic E-state index is -0.103. The maximum Gasteiger partial charge on any atom is 0.127 e. The molecule has 1 aromatic carbocycles. The number of fused-ring (bicyclic) bond motifs is 1. The summed E-state index contributed by atoms with van der Waals surface area (Å²) in [6, 6.07) is 0. The average Bonchev–Trinajstić information content (AvgIpc) is 2.77. The van der Waals surface area contributed by atoms with Gasteiger partial charge in [-0.05, 0) is 87.8 Å². The molecule has 1 aliphatic heterocycles. The zero-order valence-electron chi connectivity index (χ0n) is 24.2. The largest absolute Gasteiger partial charge is 0.507 e. The van der Waals surface area contributed by atoms with E-state index in [9.17, 15) is 5.11 Å². The predicted octanol–water partition coefficient (Wildman–Crippen LogP) is 9.87. The van der Waals surface area contributed by atoms with Gasteiger partial charge in [-0.2, -0.15) is 0 Å². The van der Waals surface area contributed by atoms with E-state index in [0.717, 1.165) is 53.0 Å². The van der Waals surface area contributed by atoms with Gasteiger partial charge in [0.05, 0.1) is 0 Å². The summed E-state index contributed by atoms with van der Waals surface area (Å²) in [5, 5.41) is 10.6. The topological polar surface area (TPSA) is 29.5 Å². The van der Waals surface area contributed by atoms with Crippen molar-refractivity contribution in [3.8, 4) is 11.5 Å². The number of aromatic hydroxyl groups is 1. The van der Waals surface area contributed by atoms with E-state index in [1.807, 2.05) is 6.92 Å². The van der Waals surface area contributed by atoms with Crippen molar-refractivity contribution < 1.29 is 9.84 Å². The first-order chi connectivity index (χ1) is 16.0. The summed E-state index contributed by atoms with van der Waals surface area (Å²) in [6.07, 6.45) is 15.4. The molecule has 34 heavy (non-hydrogen) atoms. The monoisotopic (exact) mass is 472 g/mol. The highest BCUT2D eigenvalue weighted by atomic mass is 16.5. The second kappa shape index (κ2) is 13.2. The van der Waals surface area contributed by atoms with Gasteiger partial charge in [-0.3, -0.25) is 0 Å². The maximum absolute atomic E-state index is 10.6. The van der Waals surface area contributed by atoms with E-state index in [-0.39, 0.29) is 5.60 Å². The molecule has 1 N–H and O–H groups in total. The van der Waals surface area contributed by atoms with Gasteiger partial charge in [0.2, 0.25) is 0 Å². The summed E-state index contributed by atoms with van der Waals surface area (Å²) in [5.74, 6) is 4.56. The molecule has 0 radical (unpaired) electrons. The molecule has 0 amide bonds. The lowest BCUT2D eigenvalue weighted by Gasteiger charge is -2.44. The quantitative estimate of drug-likeness (QED) is 0.292. The number of phenols is 1. The second-order valence-corrected chi connectivity index (χ2v) is 12.5. The molecule has 2 heteroatoms. The Hall–Kier alpha value is -1.18. The van der Waals surface area contributed by atoms with Gasteiger partial charge in [-0.15, -0.1) is 0 Å². The van der Waals surface area contributed by atoms with Crippen LogP contribution < -0.4 is 4.74 Å². The van der Waals surface area contributed by atoms with Crippen molar-refractivity contribution in [3.63, 3.8) is 0 Å². The Kier molecular flexibility index (Phi) is 11.3. The maximum atomic E-state index is 10.6. The number of ether oxygens (including phenoxy) is 1. The van der Waals surface area contributed by atoms with Gasteiger partial charge in [0.25, 0.3) is 0 Å². The lowest BCUT2D eigenvalue weighted by atomic mass is 9.74. The summed E-state index contributed by atoms with van der Waals surface area (Å²) < 4.78 is 6.87. The van der Waals surface area contributed by atoms with E-state index in [4.69, 9.17) is 4.74 Å². The van der Waals surface area contributed by atoms with Crippen LogP contribution in [0, 0.1) is 44.4 Å². The van der Waals surface area contributed by atoms with Crippen LogP contribution in [-0.2, 0) is 6.42 Å². The zero-order chi connectivity index (χ0) is 25.5. The molecular formula is C32H56O2. The van der Waals surface area contributed by atoms with E-state index in [2.05, 4.69) is 55.4 Å². The minimum absolute atomic E-state index is 0.103. The van der Waals surface area contributed by atoms with E-state index in [1.165, 1.54) is 69.8 Å². The Bertz CT molecular complexity index is 765. The molecule has 0 fully saturated rings. The van der Waals surface area contributed by atoms with Gasteiger partial charge < -0.3 is 9.84 Å². The highest BCUT2D eigenvalue weighted by molar-refractivity contribution is 5.58. The molecule has 0 spiro atoms. The van der Waals surface area contributed by atoms with Gasteiger partial charge in [0.15, 0.2) is 0 Å². The first kappa shape index (κ1) is 29.1. The third-order valence-corrected chi connectivity index (χ3v) is 8.87. The van der Waals surface area contributed by atoms with Crippen LogP contribution in [0.5, 0.6) is 11.5 Å². The first-order valence-corrected chi connectivity index (χ1v) is 14.5. The van der Waals surface area contributed by atoms with Crippen molar-refractivity contribution in [2.24, 2.45) is 23.7 Å². The van der Waals surface area contributed by atoms with Gasteiger partial charge in [0.1, 0.15) is 17.1 Å². The highest BCUT2D eigenvalue weighted by Crippen LogP contribution is 2.47. The molecule has 1 aromatic rings. The Morgan fingerprint density at radius 1 is 0.853 bits per heavy atom. The van der Waals surface area contributed by atoms with E-state index >= 15 is 0 Å². The SMILES string of the molecule is CCCC1Cc2c(C)c(O)c(C)c(C)c2O[C@@]1(C)CCC[C@H](C)CCC[C@@H](C)CCCC(C)C. The Labute approximate surface area is 212 Å². The third kappa shape index (κ3) is 7.66. The van der Waals surface area contributed by atoms with Crippen molar-refractivity contribution >= 4 is 0 Å². The van der Waals surface area contributed by atoms with E-state index in [0.29, 0.717) is 11.7 Å². The molecule has 0 saturated heterocycles. The molecule has 2 nitrogen and oxygen atoms in total. The van der Waals surface area contributed by atoms with Gasteiger partial charge in [-0.1, -0.05) is 86.0 Å². The van der Waals surface area contributed by atoms with Crippen molar-refractivity contribution in [2.45, 2.75) is 145 Å². The molecule has 0 aromatic heterocycles. The fourth-order valence-electron chi connectivity index (χ4n) is 6.12. The minimum Gasteiger partial charge on any atom is -0.507 e. The summed E-state index contributed by atoms with van der Waals surface area (Å²) in [7, 11) is 0. The fraction of sp³-hybridized carbons (Fsp3) is 0.812. The fourth-order valence-corrected chi connectivity index (χ4v) is 6.12. The smallest absolute Gasteiger partial charge is 0.127 e. The van der Waals surface area contributed by atoms with Gasteiger partial charge in [-0.25, -0.2) is 0 Å².